The van der Waals surface area contributed by atoms with Crippen LogP contribution in [0.15, 0.2) is 24.3 Å². The Kier molecular flexibility index (Phi) is 3.91. The molecule has 0 saturated carbocycles. The van der Waals surface area contributed by atoms with Gasteiger partial charge in [-0.3, -0.25) is 4.79 Å². The maximum absolute atomic E-state index is 12.2. The molecular weight excluding hydrogens is 187 g/mol. The first-order chi connectivity index (χ1) is 6.72. The summed E-state index contributed by atoms with van der Waals surface area (Å²) < 4.78 is 17.3. The maximum atomic E-state index is 12.2. The van der Waals surface area contributed by atoms with Crippen LogP contribution in [0.5, 0.6) is 5.75 Å². The van der Waals surface area contributed by atoms with E-state index in [0.29, 0.717) is 11.3 Å². The van der Waals surface area contributed by atoms with Crippen LogP contribution in [0.3, 0.4) is 0 Å². The van der Waals surface area contributed by atoms with E-state index in [1.807, 2.05) is 0 Å². The van der Waals surface area contributed by atoms with Gasteiger partial charge in [0, 0.05) is 0 Å². The van der Waals surface area contributed by atoms with Crippen LogP contribution in [0, 0.1) is 0 Å². The zero-order valence-electron chi connectivity index (χ0n) is 7.57. The third-order valence-corrected chi connectivity index (χ3v) is 1.64. The number of halogens is 1. The molecule has 4 heteroatoms. The van der Waals surface area contributed by atoms with Gasteiger partial charge in [-0.2, -0.15) is 0 Å². The molecule has 1 aromatic carbocycles. The van der Waals surface area contributed by atoms with Crippen LogP contribution in [-0.2, 0) is 11.5 Å². The molecule has 0 bridgehead atoms. The molecule has 76 valence electrons. The van der Waals surface area contributed by atoms with Gasteiger partial charge in [0.25, 0.3) is 0 Å². The first kappa shape index (κ1) is 10.5. The van der Waals surface area contributed by atoms with Gasteiger partial charge in [0.15, 0.2) is 0 Å². The van der Waals surface area contributed by atoms with Crippen LogP contribution in [0.2, 0.25) is 0 Å². The van der Waals surface area contributed by atoms with Gasteiger partial charge >= 0.3 is 5.97 Å². The Morgan fingerprint density at radius 3 is 2.93 bits per heavy atom. The van der Waals surface area contributed by atoms with Gasteiger partial charge in [0.05, 0.1) is 13.0 Å². The second kappa shape index (κ2) is 5.21. The second-order valence-corrected chi connectivity index (χ2v) is 2.77. The Morgan fingerprint density at radius 1 is 1.50 bits per heavy atom. The molecule has 0 radical (unpaired) electrons. The van der Waals surface area contributed by atoms with Gasteiger partial charge < -0.3 is 9.84 Å². The molecule has 14 heavy (non-hydrogen) atoms. The van der Waals surface area contributed by atoms with Gasteiger partial charge in [-0.05, 0) is 17.7 Å². The molecule has 0 amide bonds. The summed E-state index contributed by atoms with van der Waals surface area (Å²) in [5, 5.41) is 8.35. The molecule has 0 aliphatic rings. The Hall–Kier alpha value is -1.58. The Morgan fingerprint density at radius 2 is 2.29 bits per heavy atom. The molecule has 0 aromatic heterocycles. The predicted molar refractivity (Wildman–Crippen MR) is 49.0 cm³/mol. The van der Waals surface area contributed by atoms with Gasteiger partial charge in [-0.1, -0.05) is 12.1 Å². The Bertz CT molecular complexity index is 312. The van der Waals surface area contributed by atoms with Crippen LogP contribution in [0.25, 0.3) is 0 Å². The minimum Gasteiger partial charge on any atom is -0.493 e. The standard InChI is InChI=1S/C10H11FO3/c11-7-8-2-1-3-9(6-8)14-5-4-10(12)13/h1-3,6H,4-5,7H2,(H,12,13). The molecular formula is C10H11FO3. The van der Waals surface area contributed by atoms with E-state index in [9.17, 15) is 9.18 Å². The monoisotopic (exact) mass is 198 g/mol. The summed E-state index contributed by atoms with van der Waals surface area (Å²) in [7, 11) is 0. The first-order valence-corrected chi connectivity index (χ1v) is 4.22. The summed E-state index contributed by atoms with van der Waals surface area (Å²) in [6, 6.07) is 6.54. The molecule has 0 unspecified atom stereocenters. The van der Waals surface area contributed by atoms with Crippen molar-refractivity contribution in [2.75, 3.05) is 6.61 Å². The average molecular weight is 198 g/mol. The molecule has 1 aromatic rings. The number of rotatable bonds is 5. The molecule has 0 aliphatic carbocycles. The SMILES string of the molecule is O=C(O)CCOc1cccc(CF)c1. The number of hydrogen-bond donors (Lipinski definition) is 1. The lowest BCUT2D eigenvalue weighted by molar-refractivity contribution is -0.137. The Labute approximate surface area is 81.1 Å². The van der Waals surface area contributed by atoms with Crippen molar-refractivity contribution in [3.63, 3.8) is 0 Å². The summed E-state index contributed by atoms with van der Waals surface area (Å²) >= 11 is 0. The quantitative estimate of drug-likeness (QED) is 0.787. The normalized spacial score (nSPS) is 9.79. The molecule has 0 atom stereocenters. The highest BCUT2D eigenvalue weighted by Gasteiger charge is 1.99. The highest BCUT2D eigenvalue weighted by atomic mass is 19.1. The van der Waals surface area contributed by atoms with Crippen molar-refractivity contribution in [1.82, 2.24) is 0 Å². The fourth-order valence-electron chi connectivity index (χ4n) is 0.975. The van der Waals surface area contributed by atoms with Crippen molar-refractivity contribution < 1.29 is 19.0 Å². The highest BCUT2D eigenvalue weighted by Crippen LogP contribution is 2.14. The number of aliphatic carboxylic acids is 1. The number of benzene rings is 1. The number of alkyl halides is 1. The predicted octanol–water partition coefficient (Wildman–Crippen LogP) is 2.01. The molecule has 3 nitrogen and oxygen atoms in total. The minimum absolute atomic E-state index is 0.0557. The highest BCUT2D eigenvalue weighted by molar-refractivity contribution is 5.66. The minimum atomic E-state index is -0.911. The summed E-state index contributed by atoms with van der Waals surface area (Å²) in [6.07, 6.45) is -0.0557. The van der Waals surface area contributed by atoms with Crippen molar-refractivity contribution in [2.45, 2.75) is 13.1 Å². The van der Waals surface area contributed by atoms with E-state index in [0.717, 1.165) is 0 Å². The van der Waals surface area contributed by atoms with E-state index in [1.165, 1.54) is 0 Å². The molecule has 0 fully saturated rings. The van der Waals surface area contributed by atoms with Crippen LogP contribution < -0.4 is 4.74 Å². The van der Waals surface area contributed by atoms with Crippen molar-refractivity contribution >= 4 is 5.97 Å². The molecule has 1 N–H and O–H groups in total. The van der Waals surface area contributed by atoms with Crippen molar-refractivity contribution in [1.29, 1.82) is 0 Å². The van der Waals surface area contributed by atoms with Crippen molar-refractivity contribution in [2.24, 2.45) is 0 Å². The van der Waals surface area contributed by atoms with E-state index in [4.69, 9.17) is 9.84 Å². The molecule has 0 heterocycles. The van der Waals surface area contributed by atoms with Gasteiger partial charge in [0.2, 0.25) is 0 Å². The summed E-state index contributed by atoms with van der Waals surface area (Å²) in [5.74, 6) is -0.409. The number of carboxylic acid groups (broad SMARTS) is 1. The topological polar surface area (TPSA) is 46.5 Å². The zero-order chi connectivity index (χ0) is 10.4. The fraction of sp³-hybridized carbons (Fsp3) is 0.300. The molecule has 1 rings (SSSR count). The van der Waals surface area contributed by atoms with Gasteiger partial charge in [0.1, 0.15) is 12.4 Å². The van der Waals surface area contributed by atoms with E-state index in [-0.39, 0.29) is 13.0 Å². The summed E-state index contributed by atoms with van der Waals surface area (Å²) in [4.78, 5) is 10.2. The van der Waals surface area contributed by atoms with Gasteiger partial charge in [-0.25, -0.2) is 4.39 Å². The number of ether oxygens (including phenoxy) is 1. The van der Waals surface area contributed by atoms with Crippen LogP contribution >= 0.6 is 0 Å². The smallest absolute Gasteiger partial charge is 0.306 e. The first-order valence-electron chi connectivity index (χ1n) is 4.22. The maximum Gasteiger partial charge on any atom is 0.306 e. The van der Waals surface area contributed by atoms with Crippen LogP contribution in [0.1, 0.15) is 12.0 Å². The van der Waals surface area contributed by atoms with E-state index < -0.39 is 12.6 Å². The third kappa shape index (κ3) is 3.43. The number of carbonyl (C=O) groups is 1. The van der Waals surface area contributed by atoms with Crippen LogP contribution in [-0.4, -0.2) is 17.7 Å². The van der Waals surface area contributed by atoms with E-state index >= 15 is 0 Å². The lowest BCUT2D eigenvalue weighted by Gasteiger charge is -2.04. The van der Waals surface area contributed by atoms with Gasteiger partial charge in [-0.15, -0.1) is 0 Å². The largest absolute Gasteiger partial charge is 0.493 e. The summed E-state index contributed by atoms with van der Waals surface area (Å²) in [6.45, 7) is -0.443. The molecule has 0 saturated heterocycles. The lowest BCUT2D eigenvalue weighted by Crippen LogP contribution is -2.04. The Balaban J connectivity index is 2.46. The third-order valence-electron chi connectivity index (χ3n) is 1.64. The summed E-state index contributed by atoms with van der Waals surface area (Å²) in [5.41, 5.74) is 0.526. The van der Waals surface area contributed by atoms with Crippen LogP contribution in [0.4, 0.5) is 4.39 Å². The zero-order valence-corrected chi connectivity index (χ0v) is 7.57. The second-order valence-electron chi connectivity index (χ2n) is 2.77. The van der Waals surface area contributed by atoms with Crippen molar-refractivity contribution in [3.05, 3.63) is 29.8 Å². The molecule has 0 spiro atoms. The number of carboxylic acids is 1. The average Bonchev–Trinajstić information content (AvgIpc) is 2.18. The number of hydrogen-bond acceptors (Lipinski definition) is 2. The van der Waals surface area contributed by atoms with E-state index in [2.05, 4.69) is 0 Å². The van der Waals surface area contributed by atoms with E-state index in [1.54, 1.807) is 24.3 Å². The lowest BCUT2D eigenvalue weighted by atomic mass is 10.2. The van der Waals surface area contributed by atoms with Crippen molar-refractivity contribution in [3.8, 4) is 5.75 Å². The fourth-order valence-corrected chi connectivity index (χ4v) is 0.975. The molecule has 0 aliphatic heterocycles.